The lowest BCUT2D eigenvalue weighted by molar-refractivity contribution is 0.941. The molecule has 0 saturated carbocycles. The summed E-state index contributed by atoms with van der Waals surface area (Å²) in [4.78, 5) is 17.4. The molecule has 0 aliphatic heterocycles. The molecular weight excluding hydrogens is 168 g/mol. The van der Waals surface area contributed by atoms with Crippen LogP contribution in [0.5, 0.6) is 0 Å². The van der Waals surface area contributed by atoms with Crippen LogP contribution in [0.4, 0.5) is 0 Å². The van der Waals surface area contributed by atoms with Crippen LogP contribution < -0.4 is 5.69 Å². The fourth-order valence-corrected chi connectivity index (χ4v) is 1.06. The van der Waals surface area contributed by atoms with E-state index in [-0.39, 0.29) is 5.69 Å². The van der Waals surface area contributed by atoms with E-state index in [4.69, 9.17) is 0 Å². The van der Waals surface area contributed by atoms with E-state index in [1.54, 1.807) is 6.20 Å². The molecule has 0 aliphatic carbocycles. The second-order valence-electron chi connectivity index (χ2n) is 2.62. The molecule has 5 heteroatoms. The molecule has 0 amide bonds. The van der Waals surface area contributed by atoms with E-state index in [0.717, 1.165) is 5.69 Å². The number of aromatic amines is 2. The minimum atomic E-state index is -0.286. The van der Waals surface area contributed by atoms with Gasteiger partial charge in [-0.25, -0.2) is 9.89 Å². The Morgan fingerprint density at radius 3 is 2.92 bits per heavy atom. The molecule has 2 heterocycles. The summed E-state index contributed by atoms with van der Waals surface area (Å²) in [5.74, 6) is 0.601. The molecular formula is C8H8N4O. The quantitative estimate of drug-likeness (QED) is 0.680. The Hall–Kier alpha value is -1.91. The van der Waals surface area contributed by atoms with Crippen molar-refractivity contribution in [1.29, 1.82) is 0 Å². The summed E-state index contributed by atoms with van der Waals surface area (Å²) in [6, 6.07) is 5.62. The highest BCUT2D eigenvalue weighted by Gasteiger charge is 1.99. The molecule has 2 N–H and O–H groups in total. The molecule has 2 rings (SSSR count). The van der Waals surface area contributed by atoms with Gasteiger partial charge in [-0.2, -0.15) is 5.10 Å². The Morgan fingerprint density at radius 1 is 1.38 bits per heavy atom. The molecule has 0 atom stereocenters. The normalized spacial score (nSPS) is 10.2. The van der Waals surface area contributed by atoms with Gasteiger partial charge in [0.2, 0.25) is 0 Å². The number of nitrogens with one attached hydrogen (secondary N) is 2. The van der Waals surface area contributed by atoms with Crippen molar-refractivity contribution in [2.24, 2.45) is 0 Å². The van der Waals surface area contributed by atoms with Gasteiger partial charge in [0.15, 0.2) is 0 Å². The van der Waals surface area contributed by atoms with Crippen molar-refractivity contribution in [3.05, 3.63) is 46.4 Å². The number of pyridine rings is 1. The first kappa shape index (κ1) is 7.72. The van der Waals surface area contributed by atoms with Crippen molar-refractivity contribution in [2.75, 3.05) is 0 Å². The smallest absolute Gasteiger partial charge is 0.293 e. The first-order valence-electron chi connectivity index (χ1n) is 3.88. The summed E-state index contributed by atoms with van der Waals surface area (Å²) >= 11 is 0. The van der Waals surface area contributed by atoms with E-state index in [9.17, 15) is 4.79 Å². The van der Waals surface area contributed by atoms with Crippen molar-refractivity contribution in [2.45, 2.75) is 6.42 Å². The molecule has 66 valence electrons. The van der Waals surface area contributed by atoms with E-state index in [1.165, 1.54) is 0 Å². The fourth-order valence-electron chi connectivity index (χ4n) is 1.06. The third-order valence-corrected chi connectivity index (χ3v) is 1.62. The van der Waals surface area contributed by atoms with E-state index < -0.39 is 0 Å². The molecule has 0 aliphatic rings. The van der Waals surface area contributed by atoms with Gasteiger partial charge >= 0.3 is 5.69 Å². The minimum absolute atomic E-state index is 0.286. The molecule has 0 aromatic carbocycles. The third kappa shape index (κ3) is 1.81. The lowest BCUT2D eigenvalue weighted by atomic mass is 10.3. The van der Waals surface area contributed by atoms with E-state index in [2.05, 4.69) is 20.2 Å². The number of hydrogen-bond donors (Lipinski definition) is 2. The topological polar surface area (TPSA) is 74.4 Å². The van der Waals surface area contributed by atoms with Gasteiger partial charge in [0, 0.05) is 11.9 Å². The maximum absolute atomic E-state index is 10.7. The van der Waals surface area contributed by atoms with Crippen molar-refractivity contribution in [3.8, 4) is 0 Å². The first-order valence-corrected chi connectivity index (χ1v) is 3.88. The van der Waals surface area contributed by atoms with Gasteiger partial charge in [0.25, 0.3) is 0 Å². The molecule has 0 fully saturated rings. The standard InChI is InChI=1S/C8H8N4O/c13-8-10-7(11-12-8)5-6-3-1-2-4-9-6/h1-4H,5H2,(H2,10,11,12,13). The zero-order valence-corrected chi connectivity index (χ0v) is 6.82. The number of rotatable bonds is 2. The van der Waals surface area contributed by atoms with Crippen LogP contribution in [-0.2, 0) is 6.42 Å². The molecule has 0 unspecified atom stereocenters. The van der Waals surface area contributed by atoms with E-state index in [0.29, 0.717) is 12.2 Å². The Balaban J connectivity index is 2.20. The molecule has 2 aromatic heterocycles. The Labute approximate surface area is 73.9 Å². The number of H-pyrrole nitrogens is 2. The highest BCUT2D eigenvalue weighted by atomic mass is 16.1. The first-order chi connectivity index (χ1) is 6.34. The molecule has 13 heavy (non-hydrogen) atoms. The highest BCUT2D eigenvalue weighted by molar-refractivity contribution is 5.08. The van der Waals surface area contributed by atoms with Crippen molar-refractivity contribution in [3.63, 3.8) is 0 Å². The molecule has 2 aromatic rings. The Bertz CT molecular complexity index is 431. The van der Waals surface area contributed by atoms with Gasteiger partial charge in [0.1, 0.15) is 5.82 Å². The second-order valence-corrected chi connectivity index (χ2v) is 2.62. The fraction of sp³-hybridized carbons (Fsp3) is 0.125. The van der Waals surface area contributed by atoms with E-state index >= 15 is 0 Å². The lowest BCUT2D eigenvalue weighted by Crippen LogP contribution is -2.01. The molecule has 5 nitrogen and oxygen atoms in total. The predicted molar refractivity (Wildman–Crippen MR) is 46.3 cm³/mol. The summed E-state index contributed by atoms with van der Waals surface area (Å²) in [6.45, 7) is 0. The maximum atomic E-state index is 10.7. The number of nitrogens with zero attached hydrogens (tertiary/aromatic N) is 2. The predicted octanol–water partition coefficient (Wildman–Crippen LogP) is 0.0838. The summed E-state index contributed by atoms with van der Waals surface area (Å²) in [5, 5.41) is 6.08. The van der Waals surface area contributed by atoms with Crippen molar-refractivity contribution >= 4 is 0 Å². The third-order valence-electron chi connectivity index (χ3n) is 1.62. The molecule has 0 radical (unpaired) electrons. The molecule has 0 spiro atoms. The minimum Gasteiger partial charge on any atom is -0.293 e. The maximum Gasteiger partial charge on any atom is 0.340 e. The monoisotopic (exact) mass is 176 g/mol. The van der Waals surface area contributed by atoms with Gasteiger partial charge in [-0.05, 0) is 12.1 Å². The largest absolute Gasteiger partial charge is 0.340 e. The van der Waals surface area contributed by atoms with Crippen LogP contribution in [0.3, 0.4) is 0 Å². The van der Waals surface area contributed by atoms with E-state index in [1.807, 2.05) is 18.2 Å². The zero-order chi connectivity index (χ0) is 9.10. The van der Waals surface area contributed by atoms with Crippen LogP contribution in [0.25, 0.3) is 0 Å². The summed E-state index contributed by atoms with van der Waals surface area (Å²) in [6.07, 6.45) is 2.25. The zero-order valence-electron chi connectivity index (χ0n) is 6.82. The van der Waals surface area contributed by atoms with Crippen LogP contribution in [-0.4, -0.2) is 20.2 Å². The van der Waals surface area contributed by atoms with Gasteiger partial charge in [-0.3, -0.25) is 9.97 Å². The highest BCUT2D eigenvalue weighted by Crippen LogP contribution is 1.98. The summed E-state index contributed by atoms with van der Waals surface area (Å²) < 4.78 is 0. The number of aromatic nitrogens is 4. The van der Waals surface area contributed by atoms with Crippen LogP contribution in [0.15, 0.2) is 29.2 Å². The van der Waals surface area contributed by atoms with Gasteiger partial charge in [0.05, 0.1) is 6.42 Å². The van der Waals surface area contributed by atoms with Crippen molar-refractivity contribution < 1.29 is 0 Å². The Morgan fingerprint density at radius 2 is 2.31 bits per heavy atom. The average molecular weight is 176 g/mol. The van der Waals surface area contributed by atoms with Crippen LogP contribution in [0, 0.1) is 0 Å². The van der Waals surface area contributed by atoms with Gasteiger partial charge < -0.3 is 0 Å². The lowest BCUT2D eigenvalue weighted by Gasteiger charge is -1.93. The van der Waals surface area contributed by atoms with Crippen LogP contribution >= 0.6 is 0 Å². The SMILES string of the molecule is O=c1[nH]nc(Cc2ccccn2)[nH]1. The van der Waals surface area contributed by atoms with Gasteiger partial charge in [-0.1, -0.05) is 6.07 Å². The van der Waals surface area contributed by atoms with Crippen LogP contribution in [0.2, 0.25) is 0 Å². The van der Waals surface area contributed by atoms with Crippen LogP contribution in [0.1, 0.15) is 11.5 Å². The summed E-state index contributed by atoms with van der Waals surface area (Å²) in [5.41, 5.74) is 0.594. The molecule has 0 saturated heterocycles. The number of hydrogen-bond acceptors (Lipinski definition) is 3. The molecule has 0 bridgehead atoms. The second kappa shape index (κ2) is 3.22. The van der Waals surface area contributed by atoms with Crippen molar-refractivity contribution in [1.82, 2.24) is 20.2 Å². The summed E-state index contributed by atoms with van der Waals surface area (Å²) in [7, 11) is 0. The Kier molecular flexibility index (Phi) is 1.91. The van der Waals surface area contributed by atoms with Gasteiger partial charge in [-0.15, -0.1) is 0 Å². The average Bonchev–Trinajstić information content (AvgIpc) is 2.53.